The van der Waals surface area contributed by atoms with E-state index in [1.807, 2.05) is 13.8 Å². The van der Waals surface area contributed by atoms with Crippen LogP contribution in [-0.4, -0.2) is 30.0 Å². The molecule has 32 heavy (non-hydrogen) atoms. The molecule has 6 nitrogen and oxygen atoms in total. The van der Waals surface area contributed by atoms with E-state index in [1.54, 1.807) is 13.0 Å². The van der Waals surface area contributed by atoms with E-state index < -0.39 is 11.7 Å². The second-order valence-electron chi connectivity index (χ2n) is 8.25. The van der Waals surface area contributed by atoms with Crippen molar-refractivity contribution in [2.75, 3.05) is 18.5 Å². The van der Waals surface area contributed by atoms with Crippen LogP contribution in [0.15, 0.2) is 30.5 Å². The van der Waals surface area contributed by atoms with Crippen LogP contribution in [-0.2, 0) is 15.7 Å². The number of aryl methyl sites for hydroxylation is 1. The van der Waals surface area contributed by atoms with E-state index in [9.17, 15) is 22.8 Å². The smallest absolute Gasteiger partial charge is 0.416 e. The highest BCUT2D eigenvalue weighted by Gasteiger charge is 2.31. The quantitative estimate of drug-likeness (QED) is 0.610. The minimum Gasteiger partial charge on any atom is -0.466 e. The molecule has 1 unspecified atom stereocenters. The number of amides is 1. The summed E-state index contributed by atoms with van der Waals surface area (Å²) in [7, 11) is 0. The number of hydrogen-bond donors (Lipinski definition) is 2. The van der Waals surface area contributed by atoms with Crippen molar-refractivity contribution in [2.45, 2.75) is 45.7 Å². The fraction of sp³-hybridized carbons (Fsp3) is 0.435. The molecule has 0 bridgehead atoms. The second kappa shape index (κ2) is 9.58. The molecule has 1 aliphatic heterocycles. The third-order valence-electron chi connectivity index (χ3n) is 5.43. The summed E-state index contributed by atoms with van der Waals surface area (Å²) in [6, 6.07) is 5.16. The standard InChI is InChI=1S/C23H26F3N3O3/c1-13(2)17-10-20(29-19-9-16(23(24,25)26)5-4-14(19)3)27-12-18(17)22(31)28-11-15-6-7-32-21(30)8-15/h4-5,9-10,12-13,15H,6-8,11H2,1-3H3,(H,27,29)(H,28,31). The van der Waals surface area contributed by atoms with Gasteiger partial charge in [0.2, 0.25) is 0 Å². The summed E-state index contributed by atoms with van der Waals surface area (Å²) >= 11 is 0. The van der Waals surface area contributed by atoms with Gasteiger partial charge in [0.15, 0.2) is 0 Å². The molecule has 9 heteroatoms. The molecular formula is C23H26F3N3O3. The SMILES string of the molecule is Cc1ccc(C(F)(F)F)cc1Nc1cc(C(C)C)c(C(=O)NCC2CCOC(=O)C2)cn1. The Bertz CT molecular complexity index is 1010. The largest absolute Gasteiger partial charge is 0.466 e. The average Bonchev–Trinajstić information content (AvgIpc) is 2.72. The van der Waals surface area contributed by atoms with E-state index in [0.717, 1.165) is 12.1 Å². The Labute approximate surface area is 184 Å². The van der Waals surface area contributed by atoms with Gasteiger partial charge in [-0.2, -0.15) is 13.2 Å². The van der Waals surface area contributed by atoms with Gasteiger partial charge in [0.05, 0.1) is 24.2 Å². The van der Waals surface area contributed by atoms with E-state index in [2.05, 4.69) is 15.6 Å². The van der Waals surface area contributed by atoms with Crippen LogP contribution in [0.2, 0.25) is 0 Å². The number of nitrogens with zero attached hydrogens (tertiary/aromatic N) is 1. The van der Waals surface area contributed by atoms with Crippen molar-refractivity contribution in [3.8, 4) is 0 Å². The van der Waals surface area contributed by atoms with Crippen LogP contribution in [0.25, 0.3) is 0 Å². The summed E-state index contributed by atoms with van der Waals surface area (Å²) in [4.78, 5) is 28.4. The minimum atomic E-state index is -4.45. The number of rotatable bonds is 6. The van der Waals surface area contributed by atoms with Gasteiger partial charge in [-0.3, -0.25) is 9.59 Å². The number of hydrogen-bond acceptors (Lipinski definition) is 5. The van der Waals surface area contributed by atoms with Gasteiger partial charge in [-0.05, 0) is 54.5 Å². The number of esters is 1. The monoisotopic (exact) mass is 449 g/mol. The van der Waals surface area contributed by atoms with Gasteiger partial charge in [0.1, 0.15) is 5.82 Å². The fourth-order valence-electron chi connectivity index (χ4n) is 3.52. The van der Waals surface area contributed by atoms with E-state index in [4.69, 9.17) is 4.74 Å². The Hall–Kier alpha value is -3.10. The molecule has 1 atom stereocenters. The lowest BCUT2D eigenvalue weighted by atomic mass is 9.97. The molecule has 0 aliphatic carbocycles. The number of benzene rings is 1. The molecule has 1 saturated heterocycles. The van der Waals surface area contributed by atoms with Crippen LogP contribution in [0.3, 0.4) is 0 Å². The first-order chi connectivity index (χ1) is 15.0. The number of halogens is 3. The number of ether oxygens (including phenoxy) is 1. The van der Waals surface area contributed by atoms with E-state index in [-0.39, 0.29) is 30.1 Å². The molecule has 2 N–H and O–H groups in total. The molecule has 1 aromatic heterocycles. The van der Waals surface area contributed by atoms with Gasteiger partial charge in [0.25, 0.3) is 5.91 Å². The predicted octanol–water partition coefficient (Wildman–Crippen LogP) is 4.96. The molecule has 0 radical (unpaired) electrons. The zero-order valence-electron chi connectivity index (χ0n) is 18.2. The van der Waals surface area contributed by atoms with Crippen LogP contribution in [0.1, 0.15) is 59.7 Å². The fourth-order valence-corrected chi connectivity index (χ4v) is 3.52. The summed E-state index contributed by atoms with van der Waals surface area (Å²) in [6.07, 6.45) is -2.06. The van der Waals surface area contributed by atoms with Crippen molar-refractivity contribution >= 4 is 23.4 Å². The maximum Gasteiger partial charge on any atom is 0.416 e. The molecule has 0 saturated carbocycles. The highest BCUT2D eigenvalue weighted by molar-refractivity contribution is 5.96. The zero-order valence-corrected chi connectivity index (χ0v) is 18.2. The Morgan fingerprint density at radius 1 is 1.28 bits per heavy atom. The number of alkyl halides is 3. The third-order valence-corrected chi connectivity index (χ3v) is 5.43. The molecule has 1 aliphatic rings. The van der Waals surface area contributed by atoms with E-state index in [1.165, 1.54) is 12.3 Å². The molecule has 172 valence electrons. The van der Waals surface area contributed by atoms with Crippen LogP contribution >= 0.6 is 0 Å². The molecule has 2 aromatic rings. The van der Waals surface area contributed by atoms with Gasteiger partial charge < -0.3 is 15.4 Å². The Balaban J connectivity index is 1.77. The van der Waals surface area contributed by atoms with Crippen molar-refractivity contribution < 1.29 is 27.5 Å². The summed E-state index contributed by atoms with van der Waals surface area (Å²) in [5.41, 5.74) is 1.29. The molecule has 1 aromatic carbocycles. The number of carbonyl (C=O) groups excluding carboxylic acids is 2. The van der Waals surface area contributed by atoms with Crippen molar-refractivity contribution in [2.24, 2.45) is 5.92 Å². The number of anilines is 2. The Morgan fingerprint density at radius 3 is 2.69 bits per heavy atom. The minimum absolute atomic E-state index is 0.0217. The van der Waals surface area contributed by atoms with Crippen molar-refractivity contribution in [1.82, 2.24) is 10.3 Å². The molecular weight excluding hydrogens is 423 g/mol. The highest BCUT2D eigenvalue weighted by Crippen LogP contribution is 2.33. The topological polar surface area (TPSA) is 80.3 Å². The predicted molar refractivity (Wildman–Crippen MR) is 114 cm³/mol. The van der Waals surface area contributed by atoms with Crippen LogP contribution in [0.5, 0.6) is 0 Å². The van der Waals surface area contributed by atoms with Crippen LogP contribution in [0, 0.1) is 12.8 Å². The van der Waals surface area contributed by atoms with Crippen LogP contribution in [0.4, 0.5) is 24.7 Å². The first-order valence-corrected chi connectivity index (χ1v) is 10.4. The zero-order chi connectivity index (χ0) is 23.5. The first-order valence-electron chi connectivity index (χ1n) is 10.4. The third kappa shape index (κ3) is 5.77. The molecule has 3 rings (SSSR count). The van der Waals surface area contributed by atoms with Gasteiger partial charge in [-0.1, -0.05) is 19.9 Å². The maximum atomic E-state index is 13.1. The van der Waals surface area contributed by atoms with Gasteiger partial charge in [-0.25, -0.2) is 4.98 Å². The Kier molecular flexibility index (Phi) is 7.06. The summed E-state index contributed by atoms with van der Waals surface area (Å²) in [5, 5.41) is 5.80. The van der Waals surface area contributed by atoms with Gasteiger partial charge in [-0.15, -0.1) is 0 Å². The average molecular weight is 449 g/mol. The lowest BCUT2D eigenvalue weighted by molar-refractivity contribution is -0.149. The van der Waals surface area contributed by atoms with Crippen LogP contribution < -0.4 is 10.6 Å². The highest BCUT2D eigenvalue weighted by atomic mass is 19.4. The summed E-state index contributed by atoms with van der Waals surface area (Å²) in [5.74, 6) is -0.211. The molecule has 1 fully saturated rings. The second-order valence-corrected chi connectivity index (χ2v) is 8.25. The van der Waals surface area contributed by atoms with E-state index >= 15 is 0 Å². The maximum absolute atomic E-state index is 13.1. The molecule has 0 spiro atoms. The summed E-state index contributed by atoms with van der Waals surface area (Å²) < 4.78 is 44.1. The van der Waals surface area contributed by atoms with Crippen molar-refractivity contribution in [3.63, 3.8) is 0 Å². The number of pyridine rings is 1. The number of carbonyl (C=O) groups is 2. The number of aromatic nitrogens is 1. The van der Waals surface area contributed by atoms with E-state index in [0.29, 0.717) is 47.8 Å². The van der Waals surface area contributed by atoms with Gasteiger partial charge >= 0.3 is 12.1 Å². The lowest BCUT2D eigenvalue weighted by Gasteiger charge is -2.22. The molecule has 2 heterocycles. The normalized spacial score (nSPS) is 16.6. The number of nitrogens with one attached hydrogen (secondary N) is 2. The molecule has 1 amide bonds. The summed E-state index contributed by atoms with van der Waals surface area (Å²) in [6.45, 7) is 6.25. The lowest BCUT2D eigenvalue weighted by Crippen LogP contribution is -2.34. The first kappa shape index (κ1) is 23.6. The van der Waals surface area contributed by atoms with Gasteiger partial charge in [0, 0.05) is 18.4 Å². The van der Waals surface area contributed by atoms with Crippen molar-refractivity contribution in [1.29, 1.82) is 0 Å². The van der Waals surface area contributed by atoms with Crippen molar-refractivity contribution in [3.05, 3.63) is 52.7 Å². The Morgan fingerprint density at radius 2 is 2.03 bits per heavy atom. The number of cyclic esters (lactones) is 1.